The van der Waals surface area contributed by atoms with Gasteiger partial charge in [-0.25, -0.2) is 13.1 Å². The molecule has 3 aromatic carbocycles. The van der Waals surface area contributed by atoms with Crippen LogP contribution in [-0.2, 0) is 10.0 Å². The third-order valence-corrected chi connectivity index (χ3v) is 9.46. The molecule has 0 bridgehead atoms. The standard InChI is InChI=1S/C31H39ClN6O2S/c1-36(2)30-9-3-8-26-25(30)7-4-10-31(26)41(39,40)35-15-6-18-38-21-19-37(20-22-38)17-5-14-33-28-13-16-34-29-23-24(32)11-12-27(28)29/h3-4,7-13,16,23,35H,5-6,14-15,17-22H2,1-2H3,(H,33,34). The van der Waals surface area contributed by atoms with Crippen LogP contribution >= 0.6 is 11.6 Å². The molecule has 0 radical (unpaired) electrons. The van der Waals surface area contributed by atoms with Crippen molar-refractivity contribution < 1.29 is 8.42 Å². The van der Waals surface area contributed by atoms with E-state index in [4.69, 9.17) is 11.6 Å². The molecule has 1 fully saturated rings. The van der Waals surface area contributed by atoms with Gasteiger partial charge in [0.25, 0.3) is 0 Å². The number of sulfonamides is 1. The van der Waals surface area contributed by atoms with Gasteiger partial charge < -0.3 is 20.0 Å². The number of aromatic nitrogens is 1. The molecule has 41 heavy (non-hydrogen) atoms. The van der Waals surface area contributed by atoms with Crippen LogP contribution in [0.25, 0.3) is 21.7 Å². The first-order chi connectivity index (χ1) is 19.8. The topological polar surface area (TPSA) is 80.8 Å². The van der Waals surface area contributed by atoms with Gasteiger partial charge in [0.15, 0.2) is 0 Å². The van der Waals surface area contributed by atoms with Crippen molar-refractivity contribution in [2.75, 3.05) is 76.7 Å². The lowest BCUT2D eigenvalue weighted by Crippen LogP contribution is -2.47. The average Bonchev–Trinajstić information content (AvgIpc) is 2.97. The van der Waals surface area contributed by atoms with E-state index in [1.165, 1.54) is 0 Å². The molecule has 0 saturated carbocycles. The molecule has 0 aliphatic carbocycles. The molecule has 4 aromatic rings. The van der Waals surface area contributed by atoms with Gasteiger partial charge in [0, 0.05) is 92.1 Å². The first-order valence-corrected chi connectivity index (χ1v) is 16.1. The summed E-state index contributed by atoms with van der Waals surface area (Å²) in [7, 11) is 0.334. The minimum atomic E-state index is -3.60. The van der Waals surface area contributed by atoms with E-state index in [1.54, 1.807) is 6.07 Å². The lowest BCUT2D eigenvalue weighted by atomic mass is 10.1. The molecule has 218 valence electrons. The summed E-state index contributed by atoms with van der Waals surface area (Å²) in [5.41, 5.74) is 2.99. The predicted molar refractivity (Wildman–Crippen MR) is 171 cm³/mol. The van der Waals surface area contributed by atoms with Crippen molar-refractivity contribution in [2.24, 2.45) is 0 Å². The maximum absolute atomic E-state index is 13.2. The number of fused-ring (bicyclic) bond motifs is 2. The molecule has 1 aliphatic heterocycles. The summed E-state index contributed by atoms with van der Waals surface area (Å²) in [6.45, 7) is 7.34. The number of benzene rings is 3. The number of nitrogens with zero attached hydrogens (tertiary/aromatic N) is 4. The maximum atomic E-state index is 13.2. The van der Waals surface area contributed by atoms with Crippen LogP contribution in [0.2, 0.25) is 5.02 Å². The summed E-state index contributed by atoms with van der Waals surface area (Å²) in [5.74, 6) is 0. The third kappa shape index (κ3) is 7.28. The second-order valence-corrected chi connectivity index (χ2v) is 12.9. The van der Waals surface area contributed by atoms with E-state index < -0.39 is 10.0 Å². The SMILES string of the molecule is CN(C)c1cccc2c(S(=O)(=O)NCCCN3CCN(CCCNc4ccnc5cc(Cl)ccc45)CC3)cccc12. The van der Waals surface area contributed by atoms with Gasteiger partial charge in [0.05, 0.1) is 10.4 Å². The van der Waals surface area contributed by atoms with E-state index in [9.17, 15) is 8.42 Å². The number of hydrogen-bond acceptors (Lipinski definition) is 7. The minimum Gasteiger partial charge on any atom is -0.384 e. The highest BCUT2D eigenvalue weighted by molar-refractivity contribution is 7.89. The van der Waals surface area contributed by atoms with Crippen molar-refractivity contribution in [1.82, 2.24) is 19.5 Å². The Bertz CT molecular complexity index is 1590. The summed E-state index contributed by atoms with van der Waals surface area (Å²) >= 11 is 6.10. The highest BCUT2D eigenvalue weighted by Crippen LogP contribution is 2.30. The van der Waals surface area contributed by atoms with Gasteiger partial charge in [-0.1, -0.05) is 35.9 Å². The molecule has 2 heterocycles. The molecule has 0 atom stereocenters. The third-order valence-electron chi connectivity index (χ3n) is 7.71. The summed E-state index contributed by atoms with van der Waals surface area (Å²) in [6.07, 6.45) is 3.65. The molecular formula is C31H39ClN6O2S. The fourth-order valence-electron chi connectivity index (χ4n) is 5.51. The van der Waals surface area contributed by atoms with Crippen molar-refractivity contribution in [1.29, 1.82) is 0 Å². The fourth-order valence-corrected chi connectivity index (χ4v) is 6.97. The molecule has 8 nitrogen and oxygen atoms in total. The smallest absolute Gasteiger partial charge is 0.241 e. The highest BCUT2D eigenvalue weighted by atomic mass is 35.5. The second-order valence-electron chi connectivity index (χ2n) is 10.8. The molecule has 0 amide bonds. The molecule has 0 unspecified atom stereocenters. The second kappa shape index (κ2) is 13.4. The monoisotopic (exact) mass is 594 g/mol. The van der Waals surface area contributed by atoms with Crippen LogP contribution in [0.5, 0.6) is 0 Å². The number of pyridine rings is 1. The van der Waals surface area contributed by atoms with Crippen molar-refractivity contribution >= 4 is 54.7 Å². The van der Waals surface area contributed by atoms with E-state index in [-0.39, 0.29) is 0 Å². The Kier molecular flexibility index (Phi) is 9.62. The molecule has 1 saturated heterocycles. The van der Waals surface area contributed by atoms with Crippen molar-refractivity contribution in [3.63, 3.8) is 0 Å². The zero-order valence-corrected chi connectivity index (χ0v) is 25.4. The molecule has 1 aliphatic rings. The predicted octanol–water partition coefficient (Wildman–Crippen LogP) is 4.90. The van der Waals surface area contributed by atoms with Crippen molar-refractivity contribution in [3.8, 4) is 0 Å². The number of hydrogen-bond donors (Lipinski definition) is 2. The number of piperazine rings is 1. The van der Waals surface area contributed by atoms with Gasteiger partial charge in [-0.05, 0) is 62.3 Å². The van der Waals surface area contributed by atoms with Crippen LogP contribution in [0.15, 0.2) is 71.8 Å². The van der Waals surface area contributed by atoms with Crippen LogP contribution in [0.1, 0.15) is 12.8 Å². The van der Waals surface area contributed by atoms with E-state index in [0.29, 0.717) is 16.5 Å². The summed E-state index contributed by atoms with van der Waals surface area (Å²) in [6, 6.07) is 19.1. The molecule has 10 heteroatoms. The largest absolute Gasteiger partial charge is 0.384 e. The van der Waals surface area contributed by atoms with Crippen LogP contribution in [-0.4, -0.2) is 89.7 Å². The average molecular weight is 595 g/mol. The lowest BCUT2D eigenvalue weighted by molar-refractivity contribution is 0.131. The Hall–Kier alpha value is -2.95. The van der Waals surface area contributed by atoms with E-state index in [0.717, 1.165) is 91.7 Å². The Labute approximate surface area is 248 Å². The van der Waals surface area contributed by atoms with Crippen LogP contribution in [0, 0.1) is 0 Å². The van der Waals surface area contributed by atoms with Crippen LogP contribution < -0.4 is 14.9 Å². The van der Waals surface area contributed by atoms with Gasteiger partial charge in [0.2, 0.25) is 10.0 Å². The summed E-state index contributed by atoms with van der Waals surface area (Å²) in [5, 5.41) is 7.02. The zero-order chi connectivity index (χ0) is 28.8. The number of nitrogens with one attached hydrogen (secondary N) is 2. The quantitative estimate of drug-likeness (QED) is 0.226. The summed E-state index contributed by atoms with van der Waals surface area (Å²) < 4.78 is 29.1. The lowest BCUT2D eigenvalue weighted by Gasteiger charge is -2.34. The van der Waals surface area contributed by atoms with Crippen LogP contribution in [0.3, 0.4) is 0 Å². The fraction of sp³-hybridized carbons (Fsp3) is 0.387. The maximum Gasteiger partial charge on any atom is 0.241 e. The molecular weight excluding hydrogens is 556 g/mol. The minimum absolute atomic E-state index is 0.336. The number of halogens is 1. The van der Waals surface area contributed by atoms with E-state index in [2.05, 4.69) is 24.8 Å². The Morgan fingerprint density at radius 2 is 1.54 bits per heavy atom. The molecule has 0 spiro atoms. The Morgan fingerprint density at radius 1 is 0.854 bits per heavy atom. The molecule has 2 N–H and O–H groups in total. The zero-order valence-electron chi connectivity index (χ0n) is 23.8. The molecule has 1 aromatic heterocycles. The first-order valence-electron chi connectivity index (χ1n) is 14.2. The van der Waals surface area contributed by atoms with Gasteiger partial charge in [-0.15, -0.1) is 0 Å². The molecule has 5 rings (SSSR count). The normalized spacial score (nSPS) is 15.0. The number of rotatable bonds is 12. The van der Waals surface area contributed by atoms with Crippen molar-refractivity contribution in [2.45, 2.75) is 17.7 Å². The van der Waals surface area contributed by atoms with Gasteiger partial charge >= 0.3 is 0 Å². The van der Waals surface area contributed by atoms with Crippen LogP contribution in [0.4, 0.5) is 11.4 Å². The number of anilines is 2. The van der Waals surface area contributed by atoms with E-state index >= 15 is 0 Å². The Balaban J connectivity index is 1.02. The van der Waals surface area contributed by atoms with E-state index in [1.807, 2.05) is 79.8 Å². The first kappa shape index (κ1) is 29.5. The summed E-state index contributed by atoms with van der Waals surface area (Å²) in [4.78, 5) is 11.7. The Morgan fingerprint density at radius 3 is 2.27 bits per heavy atom. The van der Waals surface area contributed by atoms with Gasteiger partial charge in [0.1, 0.15) is 0 Å². The van der Waals surface area contributed by atoms with Crippen molar-refractivity contribution in [3.05, 3.63) is 71.9 Å². The van der Waals surface area contributed by atoms with Gasteiger partial charge in [-0.2, -0.15) is 0 Å². The van der Waals surface area contributed by atoms with Gasteiger partial charge in [-0.3, -0.25) is 4.98 Å². The highest BCUT2D eigenvalue weighted by Gasteiger charge is 2.19.